The van der Waals surface area contributed by atoms with Crippen LogP contribution in [0.3, 0.4) is 0 Å². The summed E-state index contributed by atoms with van der Waals surface area (Å²) in [5, 5.41) is 2.73. The molecule has 26 heavy (non-hydrogen) atoms. The number of hydrogen-bond acceptors (Lipinski definition) is 2. The van der Waals surface area contributed by atoms with Gasteiger partial charge in [0, 0.05) is 40.4 Å². The molecule has 138 valence electrons. The Morgan fingerprint density at radius 1 is 0.885 bits per heavy atom. The second-order valence-corrected chi connectivity index (χ2v) is 7.96. The molecule has 0 unspecified atom stereocenters. The minimum Gasteiger partial charge on any atom is -0.381 e. The van der Waals surface area contributed by atoms with E-state index in [1.165, 1.54) is 41.1 Å². The van der Waals surface area contributed by atoms with Gasteiger partial charge in [-0.1, -0.05) is 56.2 Å². The molecule has 3 nitrogen and oxygen atoms in total. The zero-order chi connectivity index (χ0) is 17.8. The van der Waals surface area contributed by atoms with E-state index >= 15 is 0 Å². The maximum atomic E-state index is 5.82. The fraction of sp³-hybridized carbons (Fsp3) is 0.478. The highest BCUT2D eigenvalue weighted by atomic mass is 16.5. The summed E-state index contributed by atoms with van der Waals surface area (Å²) in [6, 6.07) is 17.5. The van der Waals surface area contributed by atoms with Crippen molar-refractivity contribution in [3.05, 3.63) is 48.5 Å². The second kappa shape index (κ2) is 7.81. The third-order valence-electron chi connectivity index (χ3n) is 5.45. The van der Waals surface area contributed by atoms with Gasteiger partial charge >= 0.3 is 0 Å². The van der Waals surface area contributed by atoms with Gasteiger partial charge in [0.25, 0.3) is 0 Å². The van der Waals surface area contributed by atoms with Crippen LogP contribution in [0.4, 0.5) is 0 Å². The van der Waals surface area contributed by atoms with Crippen LogP contribution in [-0.4, -0.2) is 31.0 Å². The lowest BCUT2D eigenvalue weighted by atomic mass is 9.90. The van der Waals surface area contributed by atoms with Gasteiger partial charge in [0.1, 0.15) is 0 Å². The molecule has 0 N–H and O–H groups in total. The Balaban J connectivity index is 1.26. The lowest BCUT2D eigenvalue weighted by Crippen LogP contribution is -2.43. The minimum atomic E-state index is 0.274. The van der Waals surface area contributed by atoms with Gasteiger partial charge in [-0.3, -0.25) is 0 Å². The first-order chi connectivity index (χ1) is 12.8. The van der Waals surface area contributed by atoms with Gasteiger partial charge in [-0.2, -0.15) is 0 Å². The monoisotopic (exact) mass is 351 g/mol. The summed E-state index contributed by atoms with van der Waals surface area (Å²) < 4.78 is 13.6. The summed E-state index contributed by atoms with van der Waals surface area (Å²) in [5.41, 5.74) is 2.98. The van der Waals surface area contributed by atoms with Gasteiger partial charge < -0.3 is 14.0 Å². The summed E-state index contributed by atoms with van der Waals surface area (Å²) >= 11 is 0. The molecule has 1 saturated heterocycles. The van der Waals surface area contributed by atoms with E-state index in [1.807, 2.05) is 0 Å². The SMILES string of the molecule is CC1(COCCCCCCn2c3ccccc3c3ccccc32)COC1. The highest BCUT2D eigenvalue weighted by Crippen LogP contribution is 2.29. The van der Waals surface area contributed by atoms with E-state index in [-0.39, 0.29) is 5.41 Å². The Labute approximate surface area is 155 Å². The summed E-state index contributed by atoms with van der Waals surface area (Å²) in [6.07, 6.45) is 4.87. The fourth-order valence-electron chi connectivity index (χ4n) is 3.92. The smallest absolute Gasteiger partial charge is 0.0564 e. The molecule has 1 aliphatic heterocycles. The summed E-state index contributed by atoms with van der Waals surface area (Å²) in [7, 11) is 0. The van der Waals surface area contributed by atoms with Crippen LogP contribution in [-0.2, 0) is 16.0 Å². The molecule has 0 bridgehead atoms. The molecule has 0 atom stereocenters. The van der Waals surface area contributed by atoms with E-state index in [4.69, 9.17) is 9.47 Å². The van der Waals surface area contributed by atoms with Crippen LogP contribution in [0, 0.1) is 5.41 Å². The van der Waals surface area contributed by atoms with Gasteiger partial charge in [-0.15, -0.1) is 0 Å². The maximum absolute atomic E-state index is 5.82. The zero-order valence-corrected chi connectivity index (χ0v) is 15.7. The summed E-state index contributed by atoms with van der Waals surface area (Å²) in [4.78, 5) is 0. The molecule has 0 amide bonds. The number of hydrogen-bond donors (Lipinski definition) is 0. The van der Waals surface area contributed by atoms with Crippen molar-refractivity contribution in [2.45, 2.75) is 39.2 Å². The highest BCUT2D eigenvalue weighted by Gasteiger charge is 2.33. The number of aromatic nitrogens is 1. The molecular formula is C23H29NO2. The number of unbranched alkanes of at least 4 members (excludes halogenated alkanes) is 3. The lowest BCUT2D eigenvalue weighted by Gasteiger charge is -2.37. The molecule has 0 aliphatic carbocycles. The molecule has 3 heteroatoms. The average Bonchev–Trinajstić information content (AvgIpc) is 2.97. The average molecular weight is 351 g/mol. The number of aryl methyl sites for hydroxylation is 1. The van der Waals surface area contributed by atoms with Crippen LogP contribution < -0.4 is 0 Å². The van der Waals surface area contributed by atoms with Gasteiger partial charge in [-0.05, 0) is 25.0 Å². The molecule has 2 heterocycles. The highest BCUT2D eigenvalue weighted by molar-refractivity contribution is 6.07. The van der Waals surface area contributed by atoms with Crippen LogP contribution in [0.2, 0.25) is 0 Å². The van der Waals surface area contributed by atoms with Gasteiger partial charge in [0.05, 0.1) is 19.8 Å². The topological polar surface area (TPSA) is 23.4 Å². The maximum Gasteiger partial charge on any atom is 0.0564 e. The number of ether oxygens (including phenoxy) is 2. The summed E-state index contributed by atoms with van der Waals surface area (Å²) in [5.74, 6) is 0. The molecule has 0 radical (unpaired) electrons. The third kappa shape index (κ3) is 3.65. The van der Waals surface area contributed by atoms with E-state index in [0.717, 1.165) is 39.4 Å². The normalized spacial score (nSPS) is 16.2. The van der Waals surface area contributed by atoms with Crippen molar-refractivity contribution >= 4 is 21.8 Å². The molecule has 3 aromatic rings. The van der Waals surface area contributed by atoms with Crippen molar-refractivity contribution < 1.29 is 9.47 Å². The predicted molar refractivity (Wildman–Crippen MR) is 108 cm³/mol. The molecule has 2 aromatic carbocycles. The molecule has 1 aliphatic rings. The molecule has 0 spiro atoms. The predicted octanol–water partition coefficient (Wildman–Crippen LogP) is 5.41. The Morgan fingerprint density at radius 2 is 1.50 bits per heavy atom. The molecule has 1 fully saturated rings. The first-order valence-corrected chi connectivity index (χ1v) is 9.88. The lowest BCUT2D eigenvalue weighted by molar-refractivity contribution is -0.137. The van der Waals surface area contributed by atoms with Crippen LogP contribution in [0.25, 0.3) is 21.8 Å². The van der Waals surface area contributed by atoms with Crippen molar-refractivity contribution in [1.82, 2.24) is 4.57 Å². The van der Waals surface area contributed by atoms with Gasteiger partial charge in [0.2, 0.25) is 0 Å². The number of benzene rings is 2. The first-order valence-electron chi connectivity index (χ1n) is 9.88. The van der Waals surface area contributed by atoms with Crippen molar-refractivity contribution in [3.63, 3.8) is 0 Å². The summed E-state index contributed by atoms with van der Waals surface area (Å²) in [6.45, 7) is 6.75. The Hall–Kier alpha value is -1.84. The third-order valence-corrected chi connectivity index (χ3v) is 5.45. The van der Waals surface area contributed by atoms with Crippen molar-refractivity contribution in [2.75, 3.05) is 26.4 Å². The van der Waals surface area contributed by atoms with E-state index in [0.29, 0.717) is 0 Å². The zero-order valence-electron chi connectivity index (χ0n) is 15.7. The van der Waals surface area contributed by atoms with E-state index in [1.54, 1.807) is 0 Å². The Morgan fingerprint density at radius 3 is 2.12 bits per heavy atom. The molecular weight excluding hydrogens is 322 g/mol. The van der Waals surface area contributed by atoms with E-state index in [9.17, 15) is 0 Å². The quantitative estimate of drug-likeness (QED) is 0.481. The molecule has 0 saturated carbocycles. The van der Waals surface area contributed by atoms with E-state index in [2.05, 4.69) is 60.0 Å². The van der Waals surface area contributed by atoms with Crippen LogP contribution in [0.1, 0.15) is 32.6 Å². The number of fused-ring (bicyclic) bond motifs is 3. The number of nitrogens with zero attached hydrogens (tertiary/aromatic N) is 1. The van der Waals surface area contributed by atoms with E-state index < -0.39 is 0 Å². The van der Waals surface area contributed by atoms with Gasteiger partial charge in [-0.25, -0.2) is 0 Å². The Kier molecular flexibility index (Phi) is 5.28. The largest absolute Gasteiger partial charge is 0.381 e. The second-order valence-electron chi connectivity index (χ2n) is 7.96. The van der Waals surface area contributed by atoms with Crippen molar-refractivity contribution in [2.24, 2.45) is 5.41 Å². The van der Waals surface area contributed by atoms with Gasteiger partial charge in [0.15, 0.2) is 0 Å². The number of para-hydroxylation sites is 2. The van der Waals surface area contributed by atoms with Crippen molar-refractivity contribution in [3.8, 4) is 0 Å². The van der Waals surface area contributed by atoms with Crippen molar-refractivity contribution in [1.29, 1.82) is 0 Å². The first kappa shape index (κ1) is 17.6. The number of rotatable bonds is 9. The Bertz CT molecular complexity index is 810. The molecule has 4 rings (SSSR count). The van der Waals surface area contributed by atoms with Crippen LogP contribution in [0.5, 0.6) is 0 Å². The van der Waals surface area contributed by atoms with Crippen LogP contribution >= 0.6 is 0 Å². The fourth-order valence-corrected chi connectivity index (χ4v) is 3.92. The van der Waals surface area contributed by atoms with Crippen LogP contribution in [0.15, 0.2) is 48.5 Å². The minimum absolute atomic E-state index is 0.274. The molecule has 1 aromatic heterocycles. The standard InChI is InChI=1S/C23H29NO2/c1-23(17-26-18-23)16-25-15-9-3-2-8-14-24-21-12-6-4-10-19(21)20-11-5-7-13-22(20)24/h4-7,10-13H,2-3,8-9,14-18H2,1H3.